The maximum atomic E-state index is 5.97. The van der Waals surface area contributed by atoms with Crippen molar-refractivity contribution in [2.24, 2.45) is 5.92 Å². The first-order valence-electron chi connectivity index (χ1n) is 7.19. The number of nitrogens with one attached hydrogen (secondary N) is 2. The number of hydrogen-bond donors (Lipinski definition) is 2. The van der Waals surface area contributed by atoms with Crippen LogP contribution in [0.15, 0.2) is 0 Å². The number of hydrogen-bond acceptors (Lipinski definition) is 2. The molecule has 0 amide bonds. The second-order valence-electron chi connectivity index (χ2n) is 5.68. The molecule has 0 spiro atoms. The van der Waals surface area contributed by atoms with E-state index in [4.69, 9.17) is 17.0 Å². The van der Waals surface area contributed by atoms with Gasteiger partial charge in [-0.05, 0) is 43.8 Å². The molecule has 1 heterocycles. The van der Waals surface area contributed by atoms with Gasteiger partial charge in [0.25, 0.3) is 0 Å². The van der Waals surface area contributed by atoms with Gasteiger partial charge in [-0.25, -0.2) is 0 Å². The highest BCUT2D eigenvalue weighted by Crippen LogP contribution is 2.31. The molecule has 2 N–H and O–H groups in total. The molecule has 0 aromatic rings. The molecule has 18 heavy (non-hydrogen) atoms. The summed E-state index contributed by atoms with van der Waals surface area (Å²) in [6.07, 6.45) is 4.26. The SMILES string of the molecule is CCC1(CC)CC(NC(=S)NCC(C)C)CCO1. The van der Waals surface area contributed by atoms with Gasteiger partial charge in [-0.15, -0.1) is 0 Å². The minimum Gasteiger partial charge on any atom is -0.375 e. The van der Waals surface area contributed by atoms with E-state index in [9.17, 15) is 0 Å². The van der Waals surface area contributed by atoms with Gasteiger partial charge in [-0.2, -0.15) is 0 Å². The van der Waals surface area contributed by atoms with Crippen LogP contribution in [0.5, 0.6) is 0 Å². The van der Waals surface area contributed by atoms with E-state index >= 15 is 0 Å². The smallest absolute Gasteiger partial charge is 0.166 e. The molecule has 106 valence electrons. The average Bonchev–Trinajstić information content (AvgIpc) is 2.36. The van der Waals surface area contributed by atoms with Crippen molar-refractivity contribution < 1.29 is 4.74 Å². The Morgan fingerprint density at radius 3 is 2.61 bits per heavy atom. The summed E-state index contributed by atoms with van der Waals surface area (Å²) in [5.74, 6) is 0.616. The quantitative estimate of drug-likeness (QED) is 0.754. The lowest BCUT2D eigenvalue weighted by Gasteiger charge is -2.40. The molecule has 0 aromatic heterocycles. The van der Waals surface area contributed by atoms with Gasteiger partial charge in [0.2, 0.25) is 0 Å². The standard InChI is InChI=1S/C14H28N2OS/c1-5-14(6-2)9-12(7-8-17-14)16-13(18)15-10-11(3)4/h11-12H,5-10H2,1-4H3,(H2,15,16,18). The summed E-state index contributed by atoms with van der Waals surface area (Å²) in [4.78, 5) is 0. The highest BCUT2D eigenvalue weighted by molar-refractivity contribution is 7.80. The number of ether oxygens (including phenoxy) is 1. The Kier molecular flexibility index (Phi) is 6.36. The summed E-state index contributed by atoms with van der Waals surface area (Å²) in [6, 6.07) is 0.450. The van der Waals surface area contributed by atoms with Crippen LogP contribution < -0.4 is 10.6 Å². The first-order chi connectivity index (χ1) is 8.51. The van der Waals surface area contributed by atoms with Crippen LogP contribution in [0.1, 0.15) is 53.4 Å². The lowest BCUT2D eigenvalue weighted by atomic mass is 9.86. The molecule has 1 rings (SSSR count). The van der Waals surface area contributed by atoms with Gasteiger partial charge in [0.1, 0.15) is 0 Å². The van der Waals surface area contributed by atoms with Crippen LogP contribution >= 0.6 is 12.2 Å². The minimum absolute atomic E-state index is 0.0591. The first kappa shape index (κ1) is 15.7. The molecule has 0 bridgehead atoms. The molecule has 4 heteroatoms. The van der Waals surface area contributed by atoms with Crippen LogP contribution in [0, 0.1) is 5.92 Å². The fraction of sp³-hybridized carbons (Fsp3) is 0.929. The molecule has 0 aromatic carbocycles. The van der Waals surface area contributed by atoms with Crippen molar-refractivity contribution in [2.45, 2.75) is 65.0 Å². The summed E-state index contributed by atoms with van der Waals surface area (Å²) < 4.78 is 5.97. The van der Waals surface area contributed by atoms with Gasteiger partial charge >= 0.3 is 0 Å². The van der Waals surface area contributed by atoms with Crippen molar-refractivity contribution in [3.63, 3.8) is 0 Å². The van der Waals surface area contributed by atoms with Crippen LogP contribution in [0.25, 0.3) is 0 Å². The lowest BCUT2D eigenvalue weighted by molar-refractivity contribution is -0.0910. The zero-order chi connectivity index (χ0) is 13.6. The van der Waals surface area contributed by atoms with Gasteiger partial charge in [0.05, 0.1) is 5.60 Å². The average molecular weight is 272 g/mol. The fourth-order valence-corrected chi connectivity index (χ4v) is 2.68. The number of thiocarbonyl (C=S) groups is 1. The molecule has 0 radical (unpaired) electrons. The Balaban J connectivity index is 2.40. The van der Waals surface area contributed by atoms with Crippen LogP contribution in [0.2, 0.25) is 0 Å². The third kappa shape index (κ3) is 4.73. The van der Waals surface area contributed by atoms with Gasteiger partial charge in [-0.1, -0.05) is 27.7 Å². The van der Waals surface area contributed by atoms with E-state index in [1.54, 1.807) is 0 Å². The molecule has 1 fully saturated rings. The topological polar surface area (TPSA) is 33.3 Å². The van der Waals surface area contributed by atoms with Crippen molar-refractivity contribution in [3.05, 3.63) is 0 Å². The summed E-state index contributed by atoms with van der Waals surface area (Å²) in [5, 5.41) is 7.50. The Morgan fingerprint density at radius 1 is 1.39 bits per heavy atom. The summed E-state index contributed by atoms with van der Waals surface area (Å²) >= 11 is 5.34. The van der Waals surface area contributed by atoms with Crippen molar-refractivity contribution >= 4 is 17.3 Å². The summed E-state index contributed by atoms with van der Waals surface area (Å²) in [5.41, 5.74) is 0.0591. The Morgan fingerprint density at radius 2 is 2.06 bits per heavy atom. The van der Waals surface area contributed by atoms with E-state index < -0.39 is 0 Å². The van der Waals surface area contributed by atoms with Gasteiger partial charge in [0.15, 0.2) is 5.11 Å². The molecule has 0 aliphatic carbocycles. The molecule has 1 atom stereocenters. The minimum atomic E-state index is 0.0591. The zero-order valence-electron chi connectivity index (χ0n) is 12.2. The van der Waals surface area contributed by atoms with E-state index in [-0.39, 0.29) is 5.60 Å². The third-order valence-electron chi connectivity index (χ3n) is 3.79. The predicted octanol–water partition coefficient (Wildman–Crippen LogP) is 2.84. The van der Waals surface area contributed by atoms with Gasteiger partial charge in [0, 0.05) is 19.2 Å². The van der Waals surface area contributed by atoms with Crippen molar-refractivity contribution in [3.8, 4) is 0 Å². The van der Waals surface area contributed by atoms with Crippen LogP contribution in [0.3, 0.4) is 0 Å². The van der Waals surface area contributed by atoms with E-state index in [2.05, 4.69) is 38.3 Å². The van der Waals surface area contributed by atoms with E-state index in [1.165, 1.54) is 0 Å². The van der Waals surface area contributed by atoms with E-state index in [1.807, 2.05) is 0 Å². The highest BCUT2D eigenvalue weighted by atomic mass is 32.1. The number of rotatable bonds is 5. The largest absolute Gasteiger partial charge is 0.375 e. The monoisotopic (exact) mass is 272 g/mol. The Hall–Kier alpha value is -0.350. The lowest BCUT2D eigenvalue weighted by Crippen LogP contribution is -2.50. The van der Waals surface area contributed by atoms with Crippen LogP contribution in [0.4, 0.5) is 0 Å². The van der Waals surface area contributed by atoms with Gasteiger partial charge < -0.3 is 15.4 Å². The van der Waals surface area contributed by atoms with Crippen molar-refractivity contribution in [2.75, 3.05) is 13.2 Å². The Labute approximate surface area is 117 Å². The van der Waals surface area contributed by atoms with Crippen LogP contribution in [-0.4, -0.2) is 29.9 Å². The summed E-state index contributed by atoms with van der Waals surface area (Å²) in [6.45, 7) is 10.6. The molecular formula is C14H28N2OS. The van der Waals surface area contributed by atoms with E-state index in [0.717, 1.165) is 43.9 Å². The van der Waals surface area contributed by atoms with Gasteiger partial charge in [-0.3, -0.25) is 0 Å². The third-order valence-corrected chi connectivity index (χ3v) is 4.05. The second-order valence-corrected chi connectivity index (χ2v) is 6.08. The van der Waals surface area contributed by atoms with E-state index in [0.29, 0.717) is 12.0 Å². The maximum absolute atomic E-state index is 5.97. The normalized spacial score (nSPS) is 22.8. The van der Waals surface area contributed by atoms with Crippen molar-refractivity contribution in [1.29, 1.82) is 0 Å². The first-order valence-corrected chi connectivity index (χ1v) is 7.60. The summed E-state index contributed by atoms with van der Waals surface area (Å²) in [7, 11) is 0. The fourth-order valence-electron chi connectivity index (χ4n) is 2.43. The second kappa shape index (κ2) is 7.29. The molecule has 0 saturated carbocycles. The molecule has 1 aliphatic rings. The molecule has 1 aliphatic heterocycles. The molecular weight excluding hydrogens is 244 g/mol. The predicted molar refractivity (Wildman–Crippen MR) is 80.9 cm³/mol. The maximum Gasteiger partial charge on any atom is 0.166 e. The highest BCUT2D eigenvalue weighted by Gasteiger charge is 2.34. The van der Waals surface area contributed by atoms with Crippen LogP contribution in [-0.2, 0) is 4.74 Å². The Bertz CT molecular complexity index is 265. The molecule has 1 saturated heterocycles. The molecule has 3 nitrogen and oxygen atoms in total. The molecule has 1 unspecified atom stereocenters. The zero-order valence-corrected chi connectivity index (χ0v) is 13.0. The van der Waals surface area contributed by atoms with Crippen molar-refractivity contribution in [1.82, 2.24) is 10.6 Å².